The maximum atomic E-state index is 11.0. The van der Waals surface area contributed by atoms with Gasteiger partial charge in [-0.2, -0.15) is 15.0 Å². The minimum absolute atomic E-state index is 0.0450. The molecule has 1 amide bonds. The second kappa shape index (κ2) is 6.62. The molecule has 0 radical (unpaired) electrons. The van der Waals surface area contributed by atoms with Crippen LogP contribution in [0.2, 0.25) is 0 Å². The Balaban J connectivity index is 2.35. The third-order valence-corrected chi connectivity index (χ3v) is 2.62. The molecule has 21 heavy (non-hydrogen) atoms. The van der Waals surface area contributed by atoms with Gasteiger partial charge in [0, 0.05) is 17.7 Å². The summed E-state index contributed by atoms with van der Waals surface area (Å²) in [5.41, 5.74) is 6.28. The van der Waals surface area contributed by atoms with E-state index >= 15 is 0 Å². The van der Waals surface area contributed by atoms with E-state index in [1.165, 1.54) is 7.11 Å². The average Bonchev–Trinajstić information content (AvgIpc) is 2.52. The van der Waals surface area contributed by atoms with Gasteiger partial charge in [0.25, 0.3) is 0 Å². The van der Waals surface area contributed by atoms with Crippen molar-refractivity contribution in [2.45, 2.75) is 0 Å². The first kappa shape index (κ1) is 14.7. The van der Waals surface area contributed by atoms with Crippen molar-refractivity contribution in [1.29, 1.82) is 0 Å². The van der Waals surface area contributed by atoms with Gasteiger partial charge in [0.15, 0.2) is 5.82 Å². The molecule has 4 N–H and O–H groups in total. The zero-order valence-electron chi connectivity index (χ0n) is 11.4. The lowest BCUT2D eigenvalue weighted by molar-refractivity contribution is 0.100. The first-order valence-corrected chi connectivity index (χ1v) is 6.19. The van der Waals surface area contributed by atoms with Gasteiger partial charge in [0.1, 0.15) is 0 Å². The fourth-order valence-corrected chi connectivity index (χ4v) is 1.61. The molecule has 1 heterocycles. The summed E-state index contributed by atoms with van der Waals surface area (Å²) in [6, 6.07) is 6.71. The molecule has 0 atom stereocenters. The van der Waals surface area contributed by atoms with E-state index in [1.54, 1.807) is 24.3 Å². The summed E-state index contributed by atoms with van der Waals surface area (Å²) in [4.78, 5) is 23.4. The van der Waals surface area contributed by atoms with E-state index in [2.05, 4.69) is 20.3 Å². The van der Waals surface area contributed by atoms with Gasteiger partial charge in [0.2, 0.25) is 11.9 Å². The SMILES string of the molecule is COc1nc(NCCO)nc(-c2ccc(C(N)=O)cc2)n1. The van der Waals surface area contributed by atoms with E-state index in [-0.39, 0.29) is 12.6 Å². The Labute approximate surface area is 121 Å². The van der Waals surface area contributed by atoms with Crippen LogP contribution in [0.25, 0.3) is 11.4 Å². The molecule has 0 spiro atoms. The molecule has 1 aromatic carbocycles. The van der Waals surface area contributed by atoms with Gasteiger partial charge < -0.3 is 20.9 Å². The minimum atomic E-state index is -0.500. The van der Waals surface area contributed by atoms with Crippen LogP contribution in [0.15, 0.2) is 24.3 Å². The normalized spacial score (nSPS) is 10.2. The Morgan fingerprint density at radius 2 is 2.00 bits per heavy atom. The fraction of sp³-hybridized carbons (Fsp3) is 0.231. The van der Waals surface area contributed by atoms with Crippen LogP contribution in [0.1, 0.15) is 10.4 Å². The molecule has 1 aromatic heterocycles. The number of ether oxygens (including phenoxy) is 1. The zero-order chi connectivity index (χ0) is 15.2. The van der Waals surface area contributed by atoms with E-state index in [0.717, 1.165) is 0 Å². The molecule has 0 aliphatic carbocycles. The molecular weight excluding hydrogens is 274 g/mol. The van der Waals surface area contributed by atoms with Gasteiger partial charge in [-0.05, 0) is 12.1 Å². The van der Waals surface area contributed by atoms with Gasteiger partial charge in [0.05, 0.1) is 13.7 Å². The quantitative estimate of drug-likeness (QED) is 0.686. The highest BCUT2D eigenvalue weighted by molar-refractivity contribution is 5.93. The van der Waals surface area contributed by atoms with Crippen LogP contribution < -0.4 is 15.8 Å². The second-order valence-electron chi connectivity index (χ2n) is 4.06. The van der Waals surface area contributed by atoms with Crippen molar-refractivity contribution in [3.63, 3.8) is 0 Å². The van der Waals surface area contributed by atoms with Crippen molar-refractivity contribution in [2.24, 2.45) is 5.73 Å². The lowest BCUT2D eigenvalue weighted by atomic mass is 10.1. The Bertz CT molecular complexity index is 630. The highest BCUT2D eigenvalue weighted by atomic mass is 16.5. The molecule has 8 nitrogen and oxygen atoms in total. The number of nitrogens with two attached hydrogens (primary N) is 1. The van der Waals surface area contributed by atoms with Crippen LogP contribution in [0.5, 0.6) is 6.01 Å². The molecule has 0 aliphatic rings. The number of methoxy groups -OCH3 is 1. The molecule has 0 unspecified atom stereocenters. The predicted molar refractivity (Wildman–Crippen MR) is 75.9 cm³/mol. The maximum Gasteiger partial charge on any atom is 0.321 e. The molecule has 0 saturated carbocycles. The van der Waals surface area contributed by atoms with Crippen LogP contribution in [-0.4, -0.2) is 46.2 Å². The number of anilines is 1. The summed E-state index contributed by atoms with van der Waals surface area (Å²) in [5, 5.41) is 11.7. The van der Waals surface area contributed by atoms with Gasteiger partial charge >= 0.3 is 6.01 Å². The van der Waals surface area contributed by atoms with Crippen molar-refractivity contribution in [2.75, 3.05) is 25.6 Å². The summed E-state index contributed by atoms with van der Waals surface area (Å²) >= 11 is 0. The summed E-state index contributed by atoms with van der Waals surface area (Å²) in [6.07, 6.45) is 0. The van der Waals surface area contributed by atoms with E-state index in [0.29, 0.717) is 29.4 Å². The number of aromatic nitrogens is 3. The van der Waals surface area contributed by atoms with E-state index < -0.39 is 5.91 Å². The number of carbonyl (C=O) groups excluding carboxylic acids is 1. The monoisotopic (exact) mass is 289 g/mol. The second-order valence-corrected chi connectivity index (χ2v) is 4.06. The Hall–Kier alpha value is -2.74. The van der Waals surface area contributed by atoms with Crippen molar-refractivity contribution < 1.29 is 14.6 Å². The molecule has 8 heteroatoms. The Morgan fingerprint density at radius 1 is 1.29 bits per heavy atom. The Morgan fingerprint density at radius 3 is 2.57 bits per heavy atom. The number of nitrogens with one attached hydrogen (secondary N) is 1. The largest absolute Gasteiger partial charge is 0.467 e. The lowest BCUT2D eigenvalue weighted by Crippen LogP contribution is -2.11. The number of carbonyl (C=O) groups is 1. The van der Waals surface area contributed by atoms with Crippen LogP contribution >= 0.6 is 0 Å². The van der Waals surface area contributed by atoms with Crippen molar-refractivity contribution >= 4 is 11.9 Å². The zero-order valence-corrected chi connectivity index (χ0v) is 11.4. The molecule has 0 bridgehead atoms. The summed E-state index contributed by atoms with van der Waals surface area (Å²) in [5.74, 6) is 0.184. The number of benzene rings is 1. The summed E-state index contributed by atoms with van der Waals surface area (Å²) < 4.78 is 5.02. The minimum Gasteiger partial charge on any atom is -0.467 e. The predicted octanol–water partition coefficient (Wildman–Crippen LogP) is 0.0503. The highest BCUT2D eigenvalue weighted by Gasteiger charge is 2.09. The lowest BCUT2D eigenvalue weighted by Gasteiger charge is -2.07. The Kier molecular flexibility index (Phi) is 4.62. The maximum absolute atomic E-state index is 11.0. The van der Waals surface area contributed by atoms with Crippen LogP contribution in [0, 0.1) is 0 Å². The third-order valence-electron chi connectivity index (χ3n) is 2.62. The molecular formula is C13H15N5O3. The topological polar surface area (TPSA) is 123 Å². The molecule has 110 valence electrons. The van der Waals surface area contributed by atoms with E-state index in [4.69, 9.17) is 15.6 Å². The van der Waals surface area contributed by atoms with E-state index in [9.17, 15) is 4.79 Å². The fourth-order valence-electron chi connectivity index (χ4n) is 1.61. The van der Waals surface area contributed by atoms with Gasteiger partial charge in [-0.3, -0.25) is 4.79 Å². The number of amides is 1. The average molecular weight is 289 g/mol. The number of hydrogen-bond acceptors (Lipinski definition) is 7. The number of rotatable bonds is 6. The summed E-state index contributed by atoms with van der Waals surface area (Å²) in [7, 11) is 1.45. The number of nitrogens with zero attached hydrogens (tertiary/aromatic N) is 3. The van der Waals surface area contributed by atoms with Crippen molar-refractivity contribution in [3.05, 3.63) is 29.8 Å². The highest BCUT2D eigenvalue weighted by Crippen LogP contribution is 2.19. The standard InChI is InChI=1S/C13H15N5O3/c1-21-13-17-11(16-12(18-13)15-6-7-19)9-4-2-8(3-5-9)10(14)20/h2-5,19H,6-7H2,1H3,(H2,14,20)(H,15,16,17,18). The van der Waals surface area contributed by atoms with E-state index in [1.807, 2.05) is 0 Å². The summed E-state index contributed by atoms with van der Waals surface area (Å²) in [6.45, 7) is 0.268. The number of primary amides is 1. The molecule has 0 aliphatic heterocycles. The van der Waals surface area contributed by atoms with Gasteiger partial charge in [-0.15, -0.1) is 0 Å². The number of aliphatic hydroxyl groups is 1. The van der Waals surface area contributed by atoms with Crippen LogP contribution in [0.3, 0.4) is 0 Å². The first-order chi connectivity index (χ1) is 10.1. The first-order valence-electron chi connectivity index (χ1n) is 6.19. The number of aliphatic hydroxyl groups excluding tert-OH is 1. The van der Waals surface area contributed by atoms with Gasteiger partial charge in [-0.25, -0.2) is 0 Å². The van der Waals surface area contributed by atoms with Crippen LogP contribution in [-0.2, 0) is 0 Å². The number of hydrogen-bond donors (Lipinski definition) is 3. The third kappa shape index (κ3) is 3.63. The van der Waals surface area contributed by atoms with Crippen molar-refractivity contribution in [1.82, 2.24) is 15.0 Å². The smallest absolute Gasteiger partial charge is 0.321 e. The molecule has 0 fully saturated rings. The van der Waals surface area contributed by atoms with Crippen molar-refractivity contribution in [3.8, 4) is 17.4 Å². The molecule has 2 rings (SSSR count). The van der Waals surface area contributed by atoms with Crippen LogP contribution in [0.4, 0.5) is 5.95 Å². The van der Waals surface area contributed by atoms with Gasteiger partial charge in [-0.1, -0.05) is 12.1 Å². The molecule has 0 saturated heterocycles. The molecule has 2 aromatic rings.